The second-order valence-electron chi connectivity index (χ2n) is 4.31. The van der Waals surface area contributed by atoms with Crippen LogP contribution >= 0.6 is 27.5 Å². The van der Waals surface area contributed by atoms with Gasteiger partial charge in [-0.25, -0.2) is 0 Å². The smallest absolute Gasteiger partial charge is 0.0865 e. The first-order valence-corrected chi connectivity index (χ1v) is 6.84. The van der Waals surface area contributed by atoms with Crippen molar-refractivity contribution < 1.29 is 0 Å². The predicted molar refractivity (Wildman–Crippen MR) is 79.2 cm³/mol. The zero-order valence-corrected chi connectivity index (χ0v) is 12.9. The van der Waals surface area contributed by atoms with Gasteiger partial charge in [0.2, 0.25) is 0 Å². The quantitative estimate of drug-likeness (QED) is 0.920. The second-order valence-corrected chi connectivity index (χ2v) is 5.54. The number of benzene rings is 1. The molecule has 0 saturated carbocycles. The molecule has 0 fully saturated rings. The summed E-state index contributed by atoms with van der Waals surface area (Å²) in [4.78, 5) is 0. The van der Waals surface area contributed by atoms with Crippen molar-refractivity contribution in [2.24, 2.45) is 7.05 Å². The molecule has 0 radical (unpaired) electrons. The van der Waals surface area contributed by atoms with Crippen molar-refractivity contribution in [3.8, 4) is 0 Å². The Bertz CT molecular complexity index is 578. The van der Waals surface area contributed by atoms with Crippen LogP contribution in [0.4, 0.5) is 5.69 Å². The fourth-order valence-electron chi connectivity index (χ4n) is 1.83. The summed E-state index contributed by atoms with van der Waals surface area (Å²) in [5.74, 6) is 0. The molecule has 2 aromatic rings. The summed E-state index contributed by atoms with van der Waals surface area (Å²) in [5.41, 5.74) is 4.12. The molecule has 0 aliphatic carbocycles. The van der Waals surface area contributed by atoms with E-state index in [9.17, 15) is 0 Å². The summed E-state index contributed by atoms with van der Waals surface area (Å²) < 4.78 is 2.86. The number of hydrogen-bond donors (Lipinski definition) is 1. The first-order chi connectivity index (χ1) is 8.49. The van der Waals surface area contributed by atoms with Crippen LogP contribution < -0.4 is 5.32 Å². The van der Waals surface area contributed by atoms with Gasteiger partial charge >= 0.3 is 0 Å². The van der Waals surface area contributed by atoms with E-state index in [1.54, 1.807) is 0 Å². The van der Waals surface area contributed by atoms with Gasteiger partial charge in [0.15, 0.2) is 0 Å². The Morgan fingerprint density at radius 2 is 2.11 bits per heavy atom. The summed E-state index contributed by atoms with van der Waals surface area (Å²) >= 11 is 9.74. The lowest BCUT2D eigenvalue weighted by molar-refractivity contribution is 0.713. The first kappa shape index (κ1) is 13.4. The van der Waals surface area contributed by atoms with E-state index < -0.39 is 0 Å². The van der Waals surface area contributed by atoms with Gasteiger partial charge in [-0.2, -0.15) is 5.10 Å². The molecule has 0 aliphatic rings. The number of nitrogens with one attached hydrogen (secondary N) is 1. The maximum atomic E-state index is 6.22. The number of aromatic nitrogens is 2. The molecule has 1 N–H and O–H groups in total. The summed E-state index contributed by atoms with van der Waals surface area (Å²) in [6.45, 7) is 4.63. The SMILES string of the molecule is Cc1ccc(Br)c(NCc2c(Cl)c(C)nn2C)c1. The average molecular weight is 329 g/mol. The molecule has 0 amide bonds. The highest BCUT2D eigenvalue weighted by Crippen LogP contribution is 2.25. The Morgan fingerprint density at radius 3 is 2.72 bits per heavy atom. The third-order valence-corrected chi connectivity index (χ3v) is 4.01. The number of halogens is 2. The molecule has 0 bridgehead atoms. The summed E-state index contributed by atoms with van der Waals surface area (Å²) in [7, 11) is 1.90. The maximum Gasteiger partial charge on any atom is 0.0865 e. The van der Waals surface area contributed by atoms with Gasteiger partial charge in [-0.1, -0.05) is 17.7 Å². The highest BCUT2D eigenvalue weighted by molar-refractivity contribution is 9.10. The number of anilines is 1. The van der Waals surface area contributed by atoms with Crippen LogP contribution in [0.3, 0.4) is 0 Å². The fraction of sp³-hybridized carbons (Fsp3) is 0.308. The van der Waals surface area contributed by atoms with Gasteiger partial charge in [0.25, 0.3) is 0 Å². The zero-order chi connectivity index (χ0) is 13.3. The Kier molecular flexibility index (Phi) is 3.97. The topological polar surface area (TPSA) is 29.9 Å². The molecule has 0 unspecified atom stereocenters. The minimum Gasteiger partial charge on any atom is -0.378 e. The molecular formula is C13H15BrClN3. The molecule has 1 aromatic heterocycles. The normalized spacial score (nSPS) is 10.7. The molecule has 1 aromatic carbocycles. The molecule has 3 nitrogen and oxygen atoms in total. The van der Waals surface area contributed by atoms with Crippen LogP contribution in [0.1, 0.15) is 17.0 Å². The van der Waals surface area contributed by atoms with Crippen LogP contribution in [0, 0.1) is 13.8 Å². The van der Waals surface area contributed by atoms with Crippen LogP contribution in [0.5, 0.6) is 0 Å². The summed E-state index contributed by atoms with van der Waals surface area (Å²) in [6.07, 6.45) is 0. The molecule has 0 saturated heterocycles. The van der Waals surface area contributed by atoms with Gasteiger partial charge in [-0.3, -0.25) is 4.68 Å². The number of rotatable bonds is 3. The lowest BCUT2D eigenvalue weighted by atomic mass is 10.2. The molecule has 1 heterocycles. The van der Waals surface area contributed by atoms with E-state index in [1.807, 2.05) is 24.7 Å². The Hall–Kier alpha value is -1.00. The number of aryl methyl sites for hydroxylation is 3. The lowest BCUT2D eigenvalue weighted by Crippen LogP contribution is -2.06. The third-order valence-electron chi connectivity index (χ3n) is 2.83. The van der Waals surface area contributed by atoms with Crippen molar-refractivity contribution in [2.45, 2.75) is 20.4 Å². The molecule has 5 heteroatoms. The number of hydrogen-bond acceptors (Lipinski definition) is 2. The largest absolute Gasteiger partial charge is 0.378 e. The van der Waals surface area contributed by atoms with E-state index in [4.69, 9.17) is 11.6 Å². The van der Waals surface area contributed by atoms with E-state index in [-0.39, 0.29) is 0 Å². The highest BCUT2D eigenvalue weighted by atomic mass is 79.9. The molecule has 0 aliphatic heterocycles. The monoisotopic (exact) mass is 327 g/mol. The van der Waals surface area contributed by atoms with Crippen molar-refractivity contribution in [3.63, 3.8) is 0 Å². The van der Waals surface area contributed by atoms with Crippen molar-refractivity contribution in [1.29, 1.82) is 0 Å². The molecular weight excluding hydrogens is 314 g/mol. The first-order valence-electron chi connectivity index (χ1n) is 5.67. The van der Waals surface area contributed by atoms with E-state index in [1.165, 1.54) is 5.56 Å². The van der Waals surface area contributed by atoms with Gasteiger partial charge in [-0.15, -0.1) is 0 Å². The maximum absolute atomic E-state index is 6.22. The van der Waals surface area contributed by atoms with Crippen LogP contribution in [0.15, 0.2) is 22.7 Å². The minimum absolute atomic E-state index is 0.651. The van der Waals surface area contributed by atoms with Crippen molar-refractivity contribution in [3.05, 3.63) is 44.6 Å². The molecule has 96 valence electrons. The Morgan fingerprint density at radius 1 is 1.39 bits per heavy atom. The Balaban J connectivity index is 2.19. The van der Waals surface area contributed by atoms with Crippen molar-refractivity contribution >= 4 is 33.2 Å². The van der Waals surface area contributed by atoms with Crippen LogP contribution in [0.25, 0.3) is 0 Å². The van der Waals surface area contributed by atoms with E-state index in [0.717, 1.165) is 26.6 Å². The Labute approximate surface area is 120 Å². The zero-order valence-electron chi connectivity index (χ0n) is 10.6. The number of nitrogens with zero attached hydrogens (tertiary/aromatic N) is 2. The van der Waals surface area contributed by atoms with Gasteiger partial charge < -0.3 is 5.32 Å². The fourth-order valence-corrected chi connectivity index (χ4v) is 2.44. The summed E-state index contributed by atoms with van der Waals surface area (Å²) in [6, 6.07) is 6.20. The van der Waals surface area contributed by atoms with Crippen molar-refractivity contribution in [2.75, 3.05) is 5.32 Å². The van der Waals surface area contributed by atoms with Crippen LogP contribution in [-0.4, -0.2) is 9.78 Å². The predicted octanol–water partition coefficient (Wildman–Crippen LogP) is 4.06. The lowest BCUT2D eigenvalue weighted by Gasteiger charge is -2.10. The van der Waals surface area contributed by atoms with Crippen LogP contribution in [0.2, 0.25) is 5.02 Å². The second kappa shape index (κ2) is 5.33. The molecule has 0 atom stereocenters. The highest BCUT2D eigenvalue weighted by Gasteiger charge is 2.11. The molecule has 0 spiro atoms. The third kappa shape index (κ3) is 2.70. The molecule has 2 rings (SSSR count). The standard InChI is InChI=1S/C13H15BrClN3/c1-8-4-5-10(14)11(6-8)16-7-12-13(15)9(2)17-18(12)3/h4-6,16H,7H2,1-3H3. The molecule has 18 heavy (non-hydrogen) atoms. The van der Waals surface area contributed by atoms with E-state index in [2.05, 4.69) is 45.4 Å². The van der Waals surface area contributed by atoms with E-state index in [0.29, 0.717) is 6.54 Å². The van der Waals surface area contributed by atoms with Gasteiger partial charge in [0.05, 0.1) is 23.0 Å². The van der Waals surface area contributed by atoms with Crippen molar-refractivity contribution in [1.82, 2.24) is 9.78 Å². The summed E-state index contributed by atoms with van der Waals surface area (Å²) in [5, 5.41) is 8.40. The average Bonchev–Trinajstić information content (AvgIpc) is 2.55. The van der Waals surface area contributed by atoms with Gasteiger partial charge in [-0.05, 0) is 47.5 Å². The minimum atomic E-state index is 0.651. The van der Waals surface area contributed by atoms with E-state index >= 15 is 0 Å². The van der Waals surface area contributed by atoms with Crippen LogP contribution in [-0.2, 0) is 13.6 Å². The van der Waals surface area contributed by atoms with Gasteiger partial charge in [0, 0.05) is 17.2 Å². The van der Waals surface area contributed by atoms with Gasteiger partial charge in [0.1, 0.15) is 0 Å².